The van der Waals surface area contributed by atoms with Crippen molar-refractivity contribution in [2.45, 2.75) is 124 Å². The van der Waals surface area contributed by atoms with Crippen molar-refractivity contribution in [1.82, 2.24) is 0 Å². The van der Waals surface area contributed by atoms with E-state index in [2.05, 4.69) is 95.2 Å². The van der Waals surface area contributed by atoms with Gasteiger partial charge in [0.25, 0.3) is 0 Å². The molecule has 0 spiro atoms. The molecule has 0 aromatic carbocycles. The number of hydrogen-bond acceptors (Lipinski definition) is 0. The lowest BCUT2D eigenvalue weighted by atomic mass is 9.60. The quantitative estimate of drug-likeness (QED) is 0.436. The van der Waals surface area contributed by atoms with Crippen molar-refractivity contribution in [1.29, 1.82) is 0 Å². The molecule has 0 aliphatic heterocycles. The van der Waals surface area contributed by atoms with Gasteiger partial charge in [0.1, 0.15) is 0 Å². The van der Waals surface area contributed by atoms with Gasteiger partial charge in [0.2, 0.25) is 0 Å². The highest BCUT2D eigenvalue weighted by molar-refractivity contribution is 4.98. The van der Waals surface area contributed by atoms with E-state index >= 15 is 0 Å². The van der Waals surface area contributed by atoms with Gasteiger partial charge in [-0.25, -0.2) is 0 Å². The molecular weight excluding hydrogens is 288 g/mol. The van der Waals surface area contributed by atoms with Gasteiger partial charge in [0.15, 0.2) is 0 Å². The predicted molar refractivity (Wildman–Crippen MR) is 119 cm³/mol. The Morgan fingerprint density at radius 1 is 0.458 bits per heavy atom. The van der Waals surface area contributed by atoms with Crippen molar-refractivity contribution in [3.63, 3.8) is 0 Å². The molecule has 0 aromatic heterocycles. The van der Waals surface area contributed by atoms with Crippen molar-refractivity contribution in [2.24, 2.45) is 21.7 Å². The van der Waals surface area contributed by atoms with Crippen LogP contribution in [-0.4, -0.2) is 0 Å². The van der Waals surface area contributed by atoms with E-state index in [1.54, 1.807) is 0 Å². The second-order valence-electron chi connectivity index (χ2n) is 9.60. The van der Waals surface area contributed by atoms with Gasteiger partial charge in [-0.2, -0.15) is 0 Å². The first kappa shape index (κ1) is 31.5. The Morgan fingerprint density at radius 3 is 0.708 bits per heavy atom. The first-order valence-corrected chi connectivity index (χ1v) is 9.40. The maximum atomic E-state index is 2.44. The van der Waals surface area contributed by atoms with Crippen LogP contribution in [0.15, 0.2) is 12.2 Å². The largest absolute Gasteiger partial charge is 0.0826 e. The fourth-order valence-corrected chi connectivity index (χ4v) is 2.71. The summed E-state index contributed by atoms with van der Waals surface area (Å²) >= 11 is 0. The van der Waals surface area contributed by atoms with Gasteiger partial charge in [-0.15, -0.1) is 0 Å². The van der Waals surface area contributed by atoms with Crippen LogP contribution in [0.3, 0.4) is 0 Å². The van der Waals surface area contributed by atoms with Crippen molar-refractivity contribution in [3.05, 3.63) is 12.2 Å². The van der Waals surface area contributed by atoms with Gasteiger partial charge in [0, 0.05) is 0 Å². The van der Waals surface area contributed by atoms with E-state index in [0.29, 0.717) is 21.7 Å². The van der Waals surface area contributed by atoms with E-state index in [0.717, 1.165) is 0 Å². The van der Waals surface area contributed by atoms with Crippen molar-refractivity contribution in [3.8, 4) is 0 Å². The van der Waals surface area contributed by atoms with Gasteiger partial charge >= 0.3 is 0 Å². The van der Waals surface area contributed by atoms with E-state index in [1.165, 1.54) is 25.7 Å². The summed E-state index contributed by atoms with van der Waals surface area (Å²) in [4.78, 5) is 0. The molecule has 0 aliphatic rings. The average Bonchev–Trinajstić information content (AvgIpc) is 2.42. The molecule has 0 nitrogen and oxygen atoms in total. The highest BCUT2D eigenvalue weighted by atomic mass is 14.4. The molecule has 0 atom stereocenters. The van der Waals surface area contributed by atoms with Crippen LogP contribution in [-0.2, 0) is 0 Å². The minimum atomic E-state index is 0. The normalized spacial score (nSPS) is 12.8. The summed E-state index contributed by atoms with van der Waals surface area (Å²) in [7, 11) is 0. The summed E-state index contributed by atoms with van der Waals surface area (Å²) in [6, 6.07) is 0. The van der Waals surface area contributed by atoms with Crippen LogP contribution in [0, 0.1) is 21.7 Å². The Balaban J connectivity index is -0.000000156. The van der Waals surface area contributed by atoms with Gasteiger partial charge in [0.05, 0.1) is 0 Å². The molecule has 0 saturated heterocycles. The standard InChI is InChI=1S/C12H26.C10H20.2CH4/c1-7-11(5,8-2)12(6,9-3)10-4;1-9(2,3)7-8-10(4,5)6;;/h7-10H2,1-6H3;7-8H,1-6H3;2*1H4/b;8-7+;;. The Bertz CT molecular complexity index is 266. The smallest absolute Gasteiger partial charge is 0.0203 e. The average molecular weight is 343 g/mol. The Labute approximate surface area is 157 Å². The van der Waals surface area contributed by atoms with Gasteiger partial charge in [-0.1, -0.05) is 136 Å². The maximum absolute atomic E-state index is 2.44. The maximum Gasteiger partial charge on any atom is -0.0203 e. The van der Waals surface area contributed by atoms with Crippen LogP contribution in [0.5, 0.6) is 0 Å². The lowest BCUT2D eigenvalue weighted by Gasteiger charge is -2.45. The topological polar surface area (TPSA) is 0 Å². The van der Waals surface area contributed by atoms with E-state index < -0.39 is 0 Å². The summed E-state index contributed by atoms with van der Waals surface area (Å²) < 4.78 is 0. The van der Waals surface area contributed by atoms with Gasteiger partial charge in [-0.05, 0) is 21.7 Å². The van der Waals surface area contributed by atoms with Crippen LogP contribution < -0.4 is 0 Å². The monoisotopic (exact) mass is 342 g/mol. The first-order valence-electron chi connectivity index (χ1n) is 9.40. The molecule has 0 unspecified atom stereocenters. The molecule has 0 aromatic rings. The van der Waals surface area contributed by atoms with Crippen LogP contribution >= 0.6 is 0 Å². The molecule has 0 fully saturated rings. The van der Waals surface area contributed by atoms with E-state index in [9.17, 15) is 0 Å². The van der Waals surface area contributed by atoms with E-state index in [-0.39, 0.29) is 14.9 Å². The molecule has 0 heterocycles. The Hall–Kier alpha value is -0.260. The highest BCUT2D eigenvalue weighted by Crippen LogP contribution is 2.48. The molecule has 0 bridgehead atoms. The van der Waals surface area contributed by atoms with E-state index in [1.807, 2.05) is 0 Å². The highest BCUT2D eigenvalue weighted by Gasteiger charge is 2.38. The zero-order valence-electron chi connectivity index (χ0n) is 18.0. The molecule has 0 heteroatoms. The molecule has 24 heavy (non-hydrogen) atoms. The summed E-state index contributed by atoms with van der Waals surface area (Å²) in [5, 5.41) is 0. The lowest BCUT2D eigenvalue weighted by molar-refractivity contribution is 0.0500. The van der Waals surface area contributed by atoms with E-state index in [4.69, 9.17) is 0 Å². The molecule has 0 rings (SSSR count). The fourth-order valence-electron chi connectivity index (χ4n) is 2.71. The third-order valence-corrected chi connectivity index (χ3v) is 5.66. The molecule has 0 aliphatic carbocycles. The second-order valence-corrected chi connectivity index (χ2v) is 9.60. The van der Waals surface area contributed by atoms with Crippen LogP contribution in [0.1, 0.15) is 124 Å². The molecule has 0 radical (unpaired) electrons. The van der Waals surface area contributed by atoms with Crippen LogP contribution in [0.4, 0.5) is 0 Å². The molecule has 0 saturated carbocycles. The minimum absolute atomic E-state index is 0. The van der Waals surface area contributed by atoms with Gasteiger partial charge < -0.3 is 0 Å². The van der Waals surface area contributed by atoms with Gasteiger partial charge in [-0.3, -0.25) is 0 Å². The third-order valence-electron chi connectivity index (χ3n) is 5.66. The fraction of sp³-hybridized carbons (Fsp3) is 0.917. The predicted octanol–water partition coefficient (Wildman–Crippen LogP) is 9.55. The SMILES string of the molecule is C.C.CC(C)(C)/C=C/C(C)(C)C.CCC(C)(CC)C(C)(CC)CC. The van der Waals surface area contributed by atoms with Crippen LogP contribution in [0.2, 0.25) is 0 Å². The van der Waals surface area contributed by atoms with Crippen LogP contribution in [0.25, 0.3) is 0 Å². The summed E-state index contributed by atoms with van der Waals surface area (Å²) in [5.41, 5.74) is 1.73. The van der Waals surface area contributed by atoms with Crippen molar-refractivity contribution >= 4 is 0 Å². The lowest BCUT2D eigenvalue weighted by Crippen LogP contribution is -2.35. The Kier molecular flexibility index (Phi) is 16.0. The summed E-state index contributed by atoms with van der Waals surface area (Å²) in [5.74, 6) is 0. The molecule has 150 valence electrons. The van der Waals surface area contributed by atoms with Crippen molar-refractivity contribution in [2.75, 3.05) is 0 Å². The number of hydrogen-bond donors (Lipinski definition) is 0. The molecule has 0 amide bonds. The second kappa shape index (κ2) is 12.2. The number of allylic oxidation sites excluding steroid dienone is 2. The van der Waals surface area contributed by atoms with Crippen molar-refractivity contribution < 1.29 is 0 Å². The zero-order chi connectivity index (χ0) is 18.2. The number of rotatable bonds is 5. The summed E-state index contributed by atoms with van der Waals surface area (Å²) in [6.07, 6.45) is 9.77. The third kappa shape index (κ3) is 12.2. The first-order chi connectivity index (χ1) is 9.70. The minimum Gasteiger partial charge on any atom is -0.0826 e. The molecule has 0 N–H and O–H groups in total. The zero-order valence-corrected chi connectivity index (χ0v) is 18.0. The Morgan fingerprint density at radius 2 is 0.625 bits per heavy atom. The molecular formula is C24H54. The summed E-state index contributed by atoms with van der Waals surface area (Å²) in [6.45, 7) is 27.5.